The fourth-order valence-electron chi connectivity index (χ4n) is 4.48. The summed E-state index contributed by atoms with van der Waals surface area (Å²) in [5.41, 5.74) is -1.64. The quantitative estimate of drug-likeness (QED) is 0.419. The summed E-state index contributed by atoms with van der Waals surface area (Å²) in [5.74, 6) is 0.570. The molecule has 1 aliphatic rings. The van der Waals surface area contributed by atoms with E-state index in [0.717, 1.165) is 0 Å². The number of rotatable bonds is 7. The van der Waals surface area contributed by atoms with Crippen molar-refractivity contribution in [3.8, 4) is 11.5 Å². The smallest absolute Gasteiger partial charge is 0.416 e. The van der Waals surface area contributed by atoms with Gasteiger partial charge < -0.3 is 19.5 Å². The van der Waals surface area contributed by atoms with Gasteiger partial charge in [-0.1, -0.05) is 0 Å². The lowest BCUT2D eigenvalue weighted by Gasteiger charge is -2.39. The Morgan fingerprint density at radius 2 is 1.54 bits per heavy atom. The summed E-state index contributed by atoms with van der Waals surface area (Å²) in [7, 11) is 2.91. The molecule has 0 fully saturated rings. The van der Waals surface area contributed by atoms with E-state index in [4.69, 9.17) is 14.2 Å². The van der Waals surface area contributed by atoms with Crippen molar-refractivity contribution in [2.45, 2.75) is 51.1 Å². The van der Waals surface area contributed by atoms with E-state index in [9.17, 15) is 31.1 Å². The van der Waals surface area contributed by atoms with Gasteiger partial charge in [-0.25, -0.2) is 4.79 Å². The molecule has 0 bridgehead atoms. The molecule has 0 spiro atoms. The first-order chi connectivity index (χ1) is 17.3. The molecule has 3 rings (SSSR count). The van der Waals surface area contributed by atoms with E-state index in [0.29, 0.717) is 41.3 Å². The van der Waals surface area contributed by atoms with Gasteiger partial charge in [0.05, 0.1) is 37.6 Å². The normalized spacial score (nSPS) is 17.8. The third-order valence-corrected chi connectivity index (χ3v) is 6.13. The highest BCUT2D eigenvalue weighted by atomic mass is 19.4. The van der Waals surface area contributed by atoms with E-state index in [1.54, 1.807) is 19.1 Å². The van der Waals surface area contributed by atoms with Crippen LogP contribution in [-0.2, 0) is 23.6 Å². The Labute approximate surface area is 210 Å². The van der Waals surface area contributed by atoms with Crippen LogP contribution in [0.5, 0.6) is 11.5 Å². The van der Waals surface area contributed by atoms with Gasteiger partial charge in [0, 0.05) is 31.1 Å². The summed E-state index contributed by atoms with van der Waals surface area (Å²) in [4.78, 5) is 14.2. The molecule has 0 saturated carbocycles. The van der Waals surface area contributed by atoms with Gasteiger partial charge in [0.15, 0.2) is 11.5 Å². The number of hydrogen-bond acceptors (Lipinski definition) is 5. The Morgan fingerprint density at radius 3 is 2.05 bits per heavy atom. The van der Waals surface area contributed by atoms with E-state index >= 15 is 0 Å². The van der Waals surface area contributed by atoms with Crippen LogP contribution in [0.1, 0.15) is 48.4 Å². The minimum Gasteiger partial charge on any atom is -0.493 e. The van der Waals surface area contributed by atoms with E-state index in [1.807, 2.05) is 6.92 Å². The number of nitrogens with one attached hydrogen (secondary N) is 1. The SMILES string of the molecule is CCOC(=O)N1c2cc(OC)c(OC)cc2[C@@H](CNCc2cc(C(F)(F)F)cc(C(F)(F)F)c2)C[C@@H]1C. The van der Waals surface area contributed by atoms with Crippen molar-refractivity contribution >= 4 is 11.8 Å². The summed E-state index contributed by atoms with van der Waals surface area (Å²) < 4.78 is 95.1. The minimum atomic E-state index is -4.92. The van der Waals surface area contributed by atoms with Crippen molar-refractivity contribution in [3.05, 3.63) is 52.6 Å². The Balaban J connectivity index is 1.90. The molecule has 1 N–H and O–H groups in total. The number of amides is 1. The number of ether oxygens (including phenoxy) is 3. The van der Waals surface area contributed by atoms with Crippen molar-refractivity contribution in [2.75, 3.05) is 32.3 Å². The zero-order valence-electron chi connectivity index (χ0n) is 20.7. The highest BCUT2D eigenvalue weighted by molar-refractivity contribution is 5.91. The second kappa shape index (κ2) is 11.1. The summed E-state index contributed by atoms with van der Waals surface area (Å²) in [6, 6.07) is 4.57. The van der Waals surface area contributed by atoms with E-state index in [1.165, 1.54) is 19.1 Å². The molecule has 0 unspecified atom stereocenters. The number of benzene rings is 2. The van der Waals surface area contributed by atoms with Crippen LogP contribution in [-0.4, -0.2) is 39.5 Å². The van der Waals surface area contributed by atoms with Crippen LogP contribution in [0.15, 0.2) is 30.3 Å². The molecule has 0 aliphatic carbocycles. The van der Waals surface area contributed by atoms with Gasteiger partial charge in [0.25, 0.3) is 0 Å². The van der Waals surface area contributed by atoms with Crippen molar-refractivity contribution in [3.63, 3.8) is 0 Å². The molecule has 6 nitrogen and oxygen atoms in total. The third kappa shape index (κ3) is 6.41. The Bertz CT molecular complexity index is 1090. The number of nitrogens with zero attached hydrogens (tertiary/aromatic N) is 1. The number of hydrogen-bond donors (Lipinski definition) is 1. The van der Waals surface area contributed by atoms with Gasteiger partial charge >= 0.3 is 18.4 Å². The summed E-state index contributed by atoms with van der Waals surface area (Å²) in [6.45, 7) is 3.69. The van der Waals surface area contributed by atoms with Crippen LogP contribution >= 0.6 is 0 Å². The lowest BCUT2D eigenvalue weighted by Crippen LogP contribution is -2.45. The largest absolute Gasteiger partial charge is 0.493 e. The summed E-state index contributed by atoms with van der Waals surface area (Å²) in [6.07, 6.45) is -9.91. The van der Waals surface area contributed by atoms with Crippen LogP contribution in [0.2, 0.25) is 0 Å². The molecule has 1 aliphatic heterocycles. The Kier molecular flexibility index (Phi) is 8.51. The zero-order valence-corrected chi connectivity index (χ0v) is 20.7. The van der Waals surface area contributed by atoms with Gasteiger partial charge in [-0.3, -0.25) is 4.90 Å². The average molecular weight is 534 g/mol. The number of carbonyl (C=O) groups is 1. The van der Waals surface area contributed by atoms with Crippen LogP contribution in [0.3, 0.4) is 0 Å². The molecule has 2 aromatic carbocycles. The number of methoxy groups -OCH3 is 2. The number of halogens is 6. The molecule has 1 heterocycles. The predicted octanol–water partition coefficient (Wildman–Crippen LogP) is 6.37. The molecule has 12 heteroatoms. The molecular weight excluding hydrogens is 506 g/mol. The van der Waals surface area contributed by atoms with Gasteiger partial charge in [0.2, 0.25) is 0 Å². The maximum Gasteiger partial charge on any atom is 0.416 e. The highest BCUT2D eigenvalue weighted by Gasteiger charge is 2.38. The molecule has 0 aromatic heterocycles. The summed E-state index contributed by atoms with van der Waals surface area (Å²) >= 11 is 0. The van der Waals surface area contributed by atoms with Crippen molar-refractivity contribution < 1.29 is 45.3 Å². The van der Waals surface area contributed by atoms with E-state index in [2.05, 4.69) is 5.32 Å². The number of fused-ring (bicyclic) bond motifs is 1. The maximum atomic E-state index is 13.2. The number of alkyl halides is 6. The van der Waals surface area contributed by atoms with Crippen LogP contribution in [0.25, 0.3) is 0 Å². The van der Waals surface area contributed by atoms with E-state index < -0.39 is 29.6 Å². The number of anilines is 1. The average Bonchev–Trinajstić information content (AvgIpc) is 2.82. The fourth-order valence-corrected chi connectivity index (χ4v) is 4.48. The molecule has 2 atom stereocenters. The molecular formula is C25H28F6N2O4. The first-order valence-electron chi connectivity index (χ1n) is 11.5. The fraction of sp³-hybridized carbons (Fsp3) is 0.480. The van der Waals surface area contributed by atoms with Gasteiger partial charge in [-0.05, 0) is 55.7 Å². The summed E-state index contributed by atoms with van der Waals surface area (Å²) in [5, 5.41) is 2.98. The molecule has 0 radical (unpaired) electrons. The van der Waals surface area contributed by atoms with E-state index in [-0.39, 0.29) is 43.3 Å². The van der Waals surface area contributed by atoms with Crippen LogP contribution in [0, 0.1) is 0 Å². The first-order valence-corrected chi connectivity index (χ1v) is 11.5. The molecule has 1 amide bonds. The van der Waals surface area contributed by atoms with Gasteiger partial charge in [0.1, 0.15) is 0 Å². The Hall–Kier alpha value is -3.15. The lowest BCUT2D eigenvalue weighted by atomic mass is 9.85. The first kappa shape index (κ1) is 28.4. The minimum absolute atomic E-state index is 0.103. The maximum absolute atomic E-state index is 13.2. The third-order valence-electron chi connectivity index (χ3n) is 6.13. The molecule has 37 heavy (non-hydrogen) atoms. The highest BCUT2D eigenvalue weighted by Crippen LogP contribution is 2.44. The monoisotopic (exact) mass is 534 g/mol. The molecule has 2 aromatic rings. The van der Waals surface area contributed by atoms with Gasteiger partial charge in [-0.2, -0.15) is 26.3 Å². The number of carbonyl (C=O) groups excluding carboxylic acids is 1. The Morgan fingerprint density at radius 1 is 0.973 bits per heavy atom. The van der Waals surface area contributed by atoms with Crippen LogP contribution in [0.4, 0.5) is 36.8 Å². The van der Waals surface area contributed by atoms with Gasteiger partial charge in [-0.15, -0.1) is 0 Å². The second-order valence-electron chi connectivity index (χ2n) is 8.66. The second-order valence-corrected chi connectivity index (χ2v) is 8.66. The standard InChI is InChI=1S/C25H28F6N2O4/c1-5-37-23(34)33-14(2)6-16(19-10-21(35-3)22(36-4)11-20(19)33)13-32-12-15-7-17(24(26,27)28)9-18(8-15)25(29,30)31/h7-11,14,16,32H,5-6,12-13H2,1-4H3/t14-,16+/m0/s1. The zero-order chi connectivity index (χ0) is 27.5. The molecule has 204 valence electrons. The van der Waals surface area contributed by atoms with Crippen molar-refractivity contribution in [1.82, 2.24) is 5.32 Å². The van der Waals surface area contributed by atoms with Crippen molar-refractivity contribution in [2.24, 2.45) is 0 Å². The topological polar surface area (TPSA) is 60.0 Å². The molecule has 0 saturated heterocycles. The lowest BCUT2D eigenvalue weighted by molar-refractivity contribution is -0.143. The van der Waals surface area contributed by atoms with Crippen LogP contribution < -0.4 is 19.7 Å². The van der Waals surface area contributed by atoms with Crippen molar-refractivity contribution in [1.29, 1.82) is 0 Å². The predicted molar refractivity (Wildman–Crippen MR) is 124 cm³/mol.